The first kappa shape index (κ1) is 17.9. The molecule has 0 amide bonds. The Morgan fingerprint density at radius 1 is 1.08 bits per heavy atom. The molecule has 0 bridgehead atoms. The summed E-state index contributed by atoms with van der Waals surface area (Å²) in [5.74, 6) is 1.81. The largest absolute Gasteiger partial charge is 0.493 e. The molecule has 0 radical (unpaired) electrons. The van der Waals surface area contributed by atoms with Crippen LogP contribution in [0.2, 0.25) is 0 Å². The van der Waals surface area contributed by atoms with Crippen molar-refractivity contribution in [2.75, 3.05) is 13.7 Å². The molecule has 26 heavy (non-hydrogen) atoms. The number of nitrogens with one attached hydrogen (secondary N) is 1. The van der Waals surface area contributed by atoms with Crippen molar-refractivity contribution < 1.29 is 9.47 Å². The molecule has 0 atom stereocenters. The van der Waals surface area contributed by atoms with Crippen LogP contribution in [0.15, 0.2) is 48.5 Å². The van der Waals surface area contributed by atoms with Crippen LogP contribution in [-0.4, -0.2) is 33.9 Å². The zero-order valence-electron chi connectivity index (χ0n) is 15.2. The third kappa shape index (κ3) is 4.37. The fraction of sp³-hybridized carbons (Fsp3) is 0.316. The molecule has 1 aromatic heterocycles. The third-order valence-corrected chi connectivity index (χ3v) is 3.75. The van der Waals surface area contributed by atoms with Gasteiger partial charge in [0.25, 0.3) is 0 Å². The number of aromatic nitrogens is 4. The number of ether oxygens (including phenoxy) is 2. The van der Waals surface area contributed by atoms with E-state index in [-0.39, 0.29) is 6.01 Å². The number of nitrogens with zero attached hydrogens (tertiary/aromatic N) is 4. The summed E-state index contributed by atoms with van der Waals surface area (Å²) in [6.07, 6.45) is 0. The van der Waals surface area contributed by atoms with Crippen LogP contribution in [-0.2, 0) is 6.54 Å². The Hall–Kier alpha value is -2.93. The molecule has 0 saturated heterocycles. The van der Waals surface area contributed by atoms with Gasteiger partial charge in [0, 0.05) is 6.54 Å². The highest BCUT2D eigenvalue weighted by Crippen LogP contribution is 2.32. The van der Waals surface area contributed by atoms with Gasteiger partial charge in [-0.3, -0.25) is 0 Å². The number of rotatable bonds is 8. The molecule has 3 aromatic rings. The highest BCUT2D eigenvalue weighted by Gasteiger charge is 2.14. The van der Waals surface area contributed by atoms with E-state index in [1.807, 2.05) is 48.5 Å². The van der Waals surface area contributed by atoms with Gasteiger partial charge in [0.05, 0.1) is 12.8 Å². The van der Waals surface area contributed by atoms with Crippen LogP contribution < -0.4 is 14.8 Å². The Kier molecular flexibility index (Phi) is 5.80. The van der Waals surface area contributed by atoms with Gasteiger partial charge in [-0.05, 0) is 52.7 Å². The predicted molar refractivity (Wildman–Crippen MR) is 98.8 cm³/mol. The van der Waals surface area contributed by atoms with Gasteiger partial charge in [-0.15, -0.1) is 0 Å². The summed E-state index contributed by atoms with van der Waals surface area (Å²) in [4.78, 5) is 0. The Labute approximate surface area is 152 Å². The number of hydrogen-bond acceptors (Lipinski definition) is 6. The molecule has 1 heterocycles. The van der Waals surface area contributed by atoms with Crippen molar-refractivity contribution in [1.82, 2.24) is 25.5 Å². The normalized spacial score (nSPS) is 10.9. The molecular formula is C19H23N5O2. The van der Waals surface area contributed by atoms with Gasteiger partial charge in [0.1, 0.15) is 0 Å². The van der Waals surface area contributed by atoms with Crippen LogP contribution in [0.3, 0.4) is 0 Å². The van der Waals surface area contributed by atoms with Gasteiger partial charge in [0.2, 0.25) is 0 Å². The van der Waals surface area contributed by atoms with E-state index in [1.54, 1.807) is 7.11 Å². The van der Waals surface area contributed by atoms with Gasteiger partial charge >= 0.3 is 6.01 Å². The first-order chi connectivity index (χ1) is 12.7. The Balaban J connectivity index is 1.77. The van der Waals surface area contributed by atoms with Crippen molar-refractivity contribution in [3.8, 4) is 23.2 Å². The molecule has 1 N–H and O–H groups in total. The van der Waals surface area contributed by atoms with Crippen LogP contribution in [0.4, 0.5) is 0 Å². The van der Waals surface area contributed by atoms with Crippen molar-refractivity contribution in [3.63, 3.8) is 0 Å². The van der Waals surface area contributed by atoms with E-state index < -0.39 is 0 Å². The second kappa shape index (κ2) is 8.44. The number of tetrazole rings is 1. The predicted octanol–water partition coefficient (Wildman–Crippen LogP) is 3.21. The van der Waals surface area contributed by atoms with Crippen molar-refractivity contribution in [2.24, 2.45) is 5.92 Å². The van der Waals surface area contributed by atoms with E-state index in [0.717, 1.165) is 24.3 Å². The number of para-hydroxylation sites is 1. The molecule has 0 spiro atoms. The molecule has 2 aromatic carbocycles. The molecule has 3 rings (SSSR count). The molecule has 0 unspecified atom stereocenters. The fourth-order valence-corrected chi connectivity index (χ4v) is 2.48. The lowest BCUT2D eigenvalue weighted by Crippen LogP contribution is -2.18. The molecule has 136 valence electrons. The van der Waals surface area contributed by atoms with Gasteiger partial charge in [-0.25, -0.2) is 0 Å². The average molecular weight is 353 g/mol. The second-order valence-corrected chi connectivity index (χ2v) is 6.32. The van der Waals surface area contributed by atoms with Crippen molar-refractivity contribution in [2.45, 2.75) is 20.4 Å². The highest BCUT2D eigenvalue weighted by atomic mass is 16.5. The maximum absolute atomic E-state index is 5.91. The summed E-state index contributed by atoms with van der Waals surface area (Å²) in [5, 5.41) is 15.1. The van der Waals surface area contributed by atoms with Crippen LogP contribution >= 0.6 is 0 Å². The minimum atomic E-state index is 0.278. The SMILES string of the molecule is COc1cc(CNCC(C)C)ccc1Oc1nnnn1-c1ccccc1. The smallest absolute Gasteiger partial charge is 0.346 e. The van der Waals surface area contributed by atoms with Gasteiger partial charge in [0.15, 0.2) is 11.5 Å². The van der Waals surface area contributed by atoms with Crippen molar-refractivity contribution >= 4 is 0 Å². The van der Waals surface area contributed by atoms with Crippen molar-refractivity contribution in [1.29, 1.82) is 0 Å². The lowest BCUT2D eigenvalue weighted by Gasteiger charge is -2.12. The van der Waals surface area contributed by atoms with Gasteiger partial charge in [-0.1, -0.05) is 43.2 Å². The number of benzene rings is 2. The van der Waals surface area contributed by atoms with E-state index in [1.165, 1.54) is 4.68 Å². The van der Waals surface area contributed by atoms with Crippen LogP contribution in [0.5, 0.6) is 17.5 Å². The van der Waals surface area contributed by atoms with Crippen molar-refractivity contribution in [3.05, 3.63) is 54.1 Å². The Morgan fingerprint density at radius 2 is 1.88 bits per heavy atom. The first-order valence-corrected chi connectivity index (χ1v) is 8.56. The quantitative estimate of drug-likeness (QED) is 0.670. The molecule has 0 aliphatic carbocycles. The minimum Gasteiger partial charge on any atom is -0.493 e. The number of hydrogen-bond donors (Lipinski definition) is 1. The average Bonchev–Trinajstić information content (AvgIpc) is 3.11. The zero-order chi connectivity index (χ0) is 18.4. The summed E-state index contributed by atoms with van der Waals surface area (Å²) in [6, 6.07) is 15.7. The number of methoxy groups -OCH3 is 1. The molecule has 0 aliphatic heterocycles. The minimum absolute atomic E-state index is 0.278. The summed E-state index contributed by atoms with van der Waals surface area (Å²) in [7, 11) is 1.62. The summed E-state index contributed by atoms with van der Waals surface area (Å²) in [5.41, 5.74) is 1.94. The lowest BCUT2D eigenvalue weighted by molar-refractivity contribution is 0.362. The Morgan fingerprint density at radius 3 is 2.62 bits per heavy atom. The molecular weight excluding hydrogens is 330 g/mol. The third-order valence-electron chi connectivity index (χ3n) is 3.75. The molecule has 0 aliphatic rings. The van der Waals surface area contributed by atoms with E-state index in [2.05, 4.69) is 34.7 Å². The topological polar surface area (TPSA) is 74.1 Å². The summed E-state index contributed by atoms with van der Waals surface area (Å²) < 4.78 is 12.9. The monoisotopic (exact) mass is 353 g/mol. The van der Waals surface area contributed by atoms with E-state index in [4.69, 9.17) is 9.47 Å². The summed E-state index contributed by atoms with van der Waals surface area (Å²) >= 11 is 0. The van der Waals surface area contributed by atoms with E-state index in [9.17, 15) is 0 Å². The standard InChI is InChI=1S/C19H23N5O2/c1-14(2)12-20-13-15-9-10-17(18(11-15)25-3)26-19-21-22-23-24(19)16-7-5-4-6-8-16/h4-11,14,20H,12-13H2,1-3H3. The molecule has 7 nitrogen and oxygen atoms in total. The molecule has 0 fully saturated rings. The van der Waals surface area contributed by atoms with Gasteiger partial charge in [-0.2, -0.15) is 4.68 Å². The molecule has 7 heteroatoms. The maximum Gasteiger partial charge on any atom is 0.346 e. The second-order valence-electron chi connectivity index (χ2n) is 6.32. The van der Waals surface area contributed by atoms with Crippen LogP contribution in [0.1, 0.15) is 19.4 Å². The highest BCUT2D eigenvalue weighted by molar-refractivity contribution is 5.44. The summed E-state index contributed by atoms with van der Waals surface area (Å²) in [6.45, 7) is 6.10. The van der Waals surface area contributed by atoms with E-state index >= 15 is 0 Å². The van der Waals surface area contributed by atoms with Crippen LogP contribution in [0.25, 0.3) is 5.69 Å². The van der Waals surface area contributed by atoms with Crippen LogP contribution in [0, 0.1) is 5.92 Å². The maximum atomic E-state index is 5.91. The Bertz CT molecular complexity index is 833. The fourth-order valence-electron chi connectivity index (χ4n) is 2.48. The lowest BCUT2D eigenvalue weighted by atomic mass is 10.2. The van der Waals surface area contributed by atoms with E-state index in [0.29, 0.717) is 17.4 Å². The first-order valence-electron chi connectivity index (χ1n) is 8.56. The zero-order valence-corrected chi connectivity index (χ0v) is 15.2. The van der Waals surface area contributed by atoms with Gasteiger partial charge < -0.3 is 14.8 Å². The molecule has 0 saturated carbocycles.